The molecule has 4 heteroatoms. The Kier molecular flexibility index (Phi) is 14.8. The van der Waals surface area contributed by atoms with Crippen LogP contribution in [0.4, 0.5) is 0 Å². The van der Waals surface area contributed by atoms with E-state index in [0.717, 1.165) is 51.4 Å². The molecule has 0 heterocycles. The average molecular weight is 409 g/mol. The highest BCUT2D eigenvalue weighted by molar-refractivity contribution is 5.83. The van der Waals surface area contributed by atoms with Crippen molar-refractivity contribution in [1.82, 2.24) is 0 Å². The van der Waals surface area contributed by atoms with Gasteiger partial charge in [-0.25, -0.2) is 0 Å². The molecular formula is C25H44O4. The Morgan fingerprint density at radius 3 is 2.24 bits per heavy atom. The summed E-state index contributed by atoms with van der Waals surface area (Å²) in [5.41, 5.74) is 0. The second-order valence-electron chi connectivity index (χ2n) is 8.84. The van der Waals surface area contributed by atoms with Crippen LogP contribution in [0.25, 0.3) is 0 Å². The molecular weight excluding hydrogens is 364 g/mol. The first-order valence-electron chi connectivity index (χ1n) is 12.2. The fourth-order valence-corrected chi connectivity index (χ4v) is 4.39. The SMILES string of the molecule is CCCCC[C@@H](O)/C=C/[C@H]1CCC(=O)[C@@H]1CCCCCCCCCCCC(=O)O. The van der Waals surface area contributed by atoms with Crippen molar-refractivity contribution in [2.45, 2.75) is 122 Å². The monoisotopic (exact) mass is 408 g/mol. The number of allylic oxidation sites excluding steroid dienone is 1. The molecule has 1 saturated carbocycles. The topological polar surface area (TPSA) is 74.6 Å². The number of carboxylic acids is 1. The van der Waals surface area contributed by atoms with Crippen LogP contribution in [-0.2, 0) is 9.59 Å². The maximum absolute atomic E-state index is 12.2. The zero-order chi connectivity index (χ0) is 21.3. The van der Waals surface area contributed by atoms with Crippen molar-refractivity contribution < 1.29 is 19.8 Å². The van der Waals surface area contributed by atoms with E-state index in [1.807, 2.05) is 6.08 Å². The largest absolute Gasteiger partial charge is 0.481 e. The maximum Gasteiger partial charge on any atom is 0.303 e. The number of carboxylic acid groups (broad SMARTS) is 1. The molecule has 1 aliphatic carbocycles. The van der Waals surface area contributed by atoms with Gasteiger partial charge in [0.2, 0.25) is 0 Å². The number of aliphatic hydroxyl groups excluding tert-OH is 1. The summed E-state index contributed by atoms with van der Waals surface area (Å²) in [4.78, 5) is 22.7. The van der Waals surface area contributed by atoms with Crippen molar-refractivity contribution in [2.24, 2.45) is 11.8 Å². The predicted octanol–water partition coefficient (Wildman–Crippen LogP) is 6.45. The summed E-state index contributed by atoms with van der Waals surface area (Å²) >= 11 is 0. The van der Waals surface area contributed by atoms with Crippen LogP contribution in [-0.4, -0.2) is 28.1 Å². The van der Waals surface area contributed by atoms with Crippen molar-refractivity contribution in [3.63, 3.8) is 0 Å². The Hall–Kier alpha value is -1.16. The number of hydrogen-bond donors (Lipinski definition) is 2. The lowest BCUT2D eigenvalue weighted by molar-refractivity contribution is -0.137. The van der Waals surface area contributed by atoms with Crippen molar-refractivity contribution in [3.8, 4) is 0 Å². The molecule has 1 aliphatic rings. The lowest BCUT2D eigenvalue weighted by Crippen LogP contribution is -2.14. The van der Waals surface area contributed by atoms with Crippen LogP contribution in [0, 0.1) is 11.8 Å². The molecule has 168 valence electrons. The predicted molar refractivity (Wildman–Crippen MR) is 119 cm³/mol. The van der Waals surface area contributed by atoms with Crippen LogP contribution in [0.15, 0.2) is 12.2 Å². The Bertz CT molecular complexity index is 471. The van der Waals surface area contributed by atoms with Crippen LogP contribution in [0.1, 0.15) is 116 Å². The number of carbonyl (C=O) groups is 2. The normalized spacial score (nSPS) is 20.6. The standard InChI is InChI=1S/C25H44O4/c1-2-3-11-14-22(26)19-17-21-18-20-24(27)23(21)15-12-9-7-5-4-6-8-10-13-16-25(28)29/h17,19,21-23,26H,2-16,18,20H2,1H3,(H,28,29)/b19-17+/t21-,22+,23+/m0/s1. The molecule has 0 aromatic carbocycles. The van der Waals surface area contributed by atoms with Gasteiger partial charge >= 0.3 is 5.97 Å². The Labute approximate surface area is 178 Å². The summed E-state index contributed by atoms with van der Waals surface area (Å²) in [5.74, 6) is 0.227. The molecule has 4 nitrogen and oxygen atoms in total. The minimum Gasteiger partial charge on any atom is -0.481 e. The van der Waals surface area contributed by atoms with Crippen LogP contribution in [0.5, 0.6) is 0 Å². The summed E-state index contributed by atoms with van der Waals surface area (Å²) in [5, 5.41) is 18.7. The minimum absolute atomic E-state index is 0.170. The zero-order valence-corrected chi connectivity index (χ0v) is 18.6. The van der Waals surface area contributed by atoms with E-state index in [1.54, 1.807) is 0 Å². The second kappa shape index (κ2) is 16.6. The van der Waals surface area contributed by atoms with Crippen LogP contribution >= 0.6 is 0 Å². The van der Waals surface area contributed by atoms with Gasteiger partial charge in [-0.05, 0) is 31.6 Å². The van der Waals surface area contributed by atoms with Gasteiger partial charge < -0.3 is 10.2 Å². The van der Waals surface area contributed by atoms with E-state index < -0.39 is 5.97 Å². The van der Waals surface area contributed by atoms with Crippen molar-refractivity contribution in [1.29, 1.82) is 0 Å². The summed E-state index contributed by atoms with van der Waals surface area (Å²) in [7, 11) is 0. The number of Topliss-reactive ketones (excluding diaryl/α,β-unsaturated/α-hetero) is 1. The Morgan fingerprint density at radius 2 is 1.62 bits per heavy atom. The fourth-order valence-electron chi connectivity index (χ4n) is 4.39. The Balaban J connectivity index is 2.09. The fraction of sp³-hybridized carbons (Fsp3) is 0.840. The molecule has 0 saturated heterocycles. The van der Waals surface area contributed by atoms with E-state index in [1.165, 1.54) is 44.9 Å². The van der Waals surface area contributed by atoms with Gasteiger partial charge in [0.05, 0.1) is 6.10 Å². The molecule has 0 aliphatic heterocycles. The van der Waals surface area contributed by atoms with Crippen LogP contribution < -0.4 is 0 Å². The molecule has 3 atom stereocenters. The van der Waals surface area contributed by atoms with Gasteiger partial charge in [-0.15, -0.1) is 0 Å². The molecule has 0 bridgehead atoms. The van der Waals surface area contributed by atoms with E-state index in [9.17, 15) is 14.7 Å². The highest BCUT2D eigenvalue weighted by atomic mass is 16.4. The quantitative estimate of drug-likeness (QED) is 0.202. The van der Waals surface area contributed by atoms with Crippen molar-refractivity contribution >= 4 is 11.8 Å². The second-order valence-corrected chi connectivity index (χ2v) is 8.84. The number of unbranched alkanes of at least 4 members (excludes halogenated alkanes) is 10. The molecule has 0 aromatic heterocycles. The molecule has 0 spiro atoms. The lowest BCUT2D eigenvalue weighted by atomic mass is 9.89. The summed E-state index contributed by atoms with van der Waals surface area (Å²) in [6, 6.07) is 0. The molecule has 29 heavy (non-hydrogen) atoms. The van der Waals surface area contributed by atoms with Crippen LogP contribution in [0.2, 0.25) is 0 Å². The molecule has 0 unspecified atom stereocenters. The third-order valence-electron chi connectivity index (χ3n) is 6.24. The first kappa shape index (κ1) is 25.9. The maximum atomic E-state index is 12.2. The highest BCUT2D eigenvalue weighted by Crippen LogP contribution is 2.34. The summed E-state index contributed by atoms with van der Waals surface area (Å²) in [6.07, 6.45) is 21.1. The number of aliphatic carboxylic acids is 1. The molecule has 1 rings (SSSR count). The minimum atomic E-state index is -0.688. The number of hydrogen-bond acceptors (Lipinski definition) is 3. The average Bonchev–Trinajstić information content (AvgIpc) is 3.04. The first-order chi connectivity index (χ1) is 14.0. The van der Waals surface area contributed by atoms with Crippen molar-refractivity contribution in [2.75, 3.05) is 0 Å². The van der Waals surface area contributed by atoms with E-state index >= 15 is 0 Å². The van der Waals surface area contributed by atoms with E-state index in [-0.39, 0.29) is 12.0 Å². The number of aliphatic hydroxyl groups is 1. The summed E-state index contributed by atoms with van der Waals surface area (Å²) < 4.78 is 0. The molecule has 2 N–H and O–H groups in total. The van der Waals surface area contributed by atoms with Gasteiger partial charge in [-0.1, -0.05) is 89.7 Å². The van der Waals surface area contributed by atoms with Crippen molar-refractivity contribution in [3.05, 3.63) is 12.2 Å². The van der Waals surface area contributed by atoms with Gasteiger partial charge in [0.25, 0.3) is 0 Å². The zero-order valence-electron chi connectivity index (χ0n) is 18.6. The highest BCUT2D eigenvalue weighted by Gasteiger charge is 2.32. The van der Waals surface area contributed by atoms with Gasteiger partial charge in [-0.2, -0.15) is 0 Å². The summed E-state index contributed by atoms with van der Waals surface area (Å²) in [6.45, 7) is 2.17. The third-order valence-corrected chi connectivity index (χ3v) is 6.24. The van der Waals surface area contributed by atoms with Gasteiger partial charge in [-0.3, -0.25) is 9.59 Å². The van der Waals surface area contributed by atoms with E-state index in [0.29, 0.717) is 24.5 Å². The number of rotatable bonds is 18. The number of carbonyl (C=O) groups excluding carboxylic acids is 1. The van der Waals surface area contributed by atoms with Gasteiger partial charge in [0.15, 0.2) is 0 Å². The molecule has 1 fully saturated rings. The Morgan fingerprint density at radius 1 is 1.00 bits per heavy atom. The first-order valence-corrected chi connectivity index (χ1v) is 12.2. The number of ketones is 1. The van der Waals surface area contributed by atoms with Crippen LogP contribution in [0.3, 0.4) is 0 Å². The smallest absolute Gasteiger partial charge is 0.303 e. The van der Waals surface area contributed by atoms with Gasteiger partial charge in [0, 0.05) is 18.8 Å². The van der Waals surface area contributed by atoms with Gasteiger partial charge in [0.1, 0.15) is 5.78 Å². The molecule has 0 amide bonds. The molecule has 0 radical (unpaired) electrons. The molecule has 0 aromatic rings. The van der Waals surface area contributed by atoms with E-state index in [2.05, 4.69) is 13.0 Å². The third kappa shape index (κ3) is 12.9. The lowest BCUT2D eigenvalue weighted by Gasteiger charge is -2.15. The van der Waals surface area contributed by atoms with E-state index in [4.69, 9.17) is 5.11 Å².